The quantitative estimate of drug-likeness (QED) is 0.200. The Balaban J connectivity index is 1.66. The fraction of sp³-hybridized carbons (Fsp3) is 0.575. The molecule has 0 radical (unpaired) electrons. The van der Waals surface area contributed by atoms with Gasteiger partial charge in [0, 0.05) is 32.1 Å². The number of esters is 1. The van der Waals surface area contributed by atoms with E-state index in [-0.39, 0.29) is 25.0 Å². The fourth-order valence-electron chi connectivity index (χ4n) is 5.93. The summed E-state index contributed by atoms with van der Waals surface area (Å²) in [5.74, 6) is -0.865. The molecule has 13 heteroatoms. The Labute approximate surface area is 313 Å². The normalized spacial score (nSPS) is 15.7. The van der Waals surface area contributed by atoms with Gasteiger partial charge in [-0.1, -0.05) is 30.3 Å². The molecule has 3 atom stereocenters. The van der Waals surface area contributed by atoms with Gasteiger partial charge in [0.2, 0.25) is 17.7 Å². The first-order valence-corrected chi connectivity index (χ1v) is 18.3. The number of hydrogen-bond donors (Lipinski definition) is 3. The van der Waals surface area contributed by atoms with Crippen molar-refractivity contribution in [2.45, 2.75) is 117 Å². The highest BCUT2D eigenvalue weighted by Gasteiger charge is 2.30. The van der Waals surface area contributed by atoms with Crippen molar-refractivity contribution in [1.82, 2.24) is 20.9 Å². The summed E-state index contributed by atoms with van der Waals surface area (Å²) >= 11 is 0. The van der Waals surface area contributed by atoms with Crippen LogP contribution in [-0.4, -0.2) is 84.8 Å². The number of amides is 4. The molecule has 3 rings (SSSR count). The van der Waals surface area contributed by atoms with E-state index in [0.29, 0.717) is 43.2 Å². The van der Waals surface area contributed by atoms with Gasteiger partial charge in [0.05, 0.1) is 20.1 Å². The molecule has 2 aromatic carbocycles. The van der Waals surface area contributed by atoms with Crippen LogP contribution in [-0.2, 0) is 41.6 Å². The third-order valence-corrected chi connectivity index (χ3v) is 8.35. The number of nitrogens with zero attached hydrogens (tertiary/aromatic N) is 1. The highest BCUT2D eigenvalue weighted by molar-refractivity contribution is 5.94. The molecular weight excluding hydrogens is 680 g/mol. The first-order valence-electron chi connectivity index (χ1n) is 18.3. The van der Waals surface area contributed by atoms with Crippen LogP contribution >= 0.6 is 0 Å². The highest BCUT2D eigenvalue weighted by atomic mass is 16.6. The number of aryl methyl sites for hydroxylation is 1. The van der Waals surface area contributed by atoms with E-state index >= 15 is 0 Å². The molecule has 13 nitrogen and oxygen atoms in total. The van der Waals surface area contributed by atoms with Crippen LogP contribution in [0.2, 0.25) is 0 Å². The summed E-state index contributed by atoms with van der Waals surface area (Å²) in [6.45, 7) is 13.8. The molecule has 0 aliphatic carbocycles. The van der Waals surface area contributed by atoms with Crippen molar-refractivity contribution in [3.63, 3.8) is 0 Å². The van der Waals surface area contributed by atoms with E-state index in [0.717, 1.165) is 24.8 Å². The summed E-state index contributed by atoms with van der Waals surface area (Å²) < 4.78 is 22.6. The van der Waals surface area contributed by atoms with Crippen LogP contribution in [0.5, 0.6) is 11.5 Å². The number of benzene rings is 2. The van der Waals surface area contributed by atoms with Crippen LogP contribution in [0.15, 0.2) is 48.5 Å². The third-order valence-electron chi connectivity index (χ3n) is 8.35. The standard InChI is InChI=1S/C40H58N4O9/c1-27(45)42-33(24-35(46)52-39(2,3)4)37(48)43-32(18-16-28-13-10-9-11-14-28)36(47)41-25-30-23-31(17-19-34(30)50-8)51-22-20-29-15-12-21-44(26-29)38(49)53-40(5,6)7/h9-11,13-14,17,19,23,29,32-33H,12,15-16,18,20-22,24-26H2,1-8H3,(H,41,47)(H,42,45)(H,43,48). The molecule has 0 bridgehead atoms. The average Bonchev–Trinajstić information content (AvgIpc) is 3.07. The van der Waals surface area contributed by atoms with Gasteiger partial charge in [0.25, 0.3) is 0 Å². The van der Waals surface area contributed by atoms with Crippen molar-refractivity contribution in [2.24, 2.45) is 5.92 Å². The van der Waals surface area contributed by atoms with Gasteiger partial charge in [-0.2, -0.15) is 0 Å². The maximum Gasteiger partial charge on any atom is 0.410 e. The Kier molecular flexibility index (Phi) is 16.0. The molecule has 4 amide bonds. The maximum atomic E-state index is 13.7. The molecule has 1 aliphatic rings. The Morgan fingerprint density at radius 3 is 2.23 bits per heavy atom. The SMILES string of the molecule is COc1ccc(OCCC2CCCN(C(=O)OC(C)(C)C)C2)cc1CNC(=O)C(CCc1ccccc1)NC(=O)C(CC(=O)OC(C)(C)C)NC(C)=O. The van der Waals surface area contributed by atoms with E-state index in [1.807, 2.05) is 51.1 Å². The van der Waals surface area contributed by atoms with Gasteiger partial charge in [-0.05, 0) is 103 Å². The minimum absolute atomic E-state index is 0.0808. The highest BCUT2D eigenvalue weighted by Crippen LogP contribution is 2.26. The lowest BCUT2D eigenvalue weighted by Crippen LogP contribution is -2.54. The van der Waals surface area contributed by atoms with E-state index in [9.17, 15) is 24.0 Å². The number of hydrogen-bond acceptors (Lipinski definition) is 9. The maximum absolute atomic E-state index is 13.7. The number of rotatable bonds is 16. The molecule has 3 unspecified atom stereocenters. The van der Waals surface area contributed by atoms with Crippen molar-refractivity contribution in [2.75, 3.05) is 26.8 Å². The van der Waals surface area contributed by atoms with Crippen molar-refractivity contribution >= 4 is 29.8 Å². The molecule has 1 aliphatic heterocycles. The molecule has 53 heavy (non-hydrogen) atoms. The van der Waals surface area contributed by atoms with Crippen LogP contribution in [0, 0.1) is 5.92 Å². The zero-order valence-electron chi connectivity index (χ0n) is 32.5. The lowest BCUT2D eigenvalue weighted by atomic mass is 9.95. The molecule has 3 N–H and O–H groups in total. The predicted octanol–water partition coefficient (Wildman–Crippen LogP) is 5.08. The van der Waals surface area contributed by atoms with Gasteiger partial charge < -0.3 is 39.8 Å². The topological polar surface area (TPSA) is 162 Å². The molecule has 2 aromatic rings. The van der Waals surface area contributed by atoms with Crippen molar-refractivity contribution in [3.8, 4) is 11.5 Å². The minimum atomic E-state index is -1.24. The zero-order chi connectivity index (χ0) is 39.2. The zero-order valence-corrected chi connectivity index (χ0v) is 32.5. The van der Waals surface area contributed by atoms with Crippen LogP contribution in [0.1, 0.15) is 91.7 Å². The van der Waals surface area contributed by atoms with Crippen LogP contribution < -0.4 is 25.4 Å². The number of methoxy groups -OCH3 is 1. The summed E-state index contributed by atoms with van der Waals surface area (Å²) in [6, 6.07) is 12.7. The number of ether oxygens (including phenoxy) is 4. The van der Waals surface area contributed by atoms with Gasteiger partial charge in [-0.25, -0.2) is 4.79 Å². The molecular formula is C40H58N4O9. The first kappa shape index (κ1) is 42.6. The van der Waals surface area contributed by atoms with Crippen molar-refractivity contribution in [3.05, 3.63) is 59.7 Å². The second kappa shape index (κ2) is 19.9. The number of carbonyl (C=O) groups excluding carboxylic acids is 5. The number of likely N-dealkylation sites (tertiary alicyclic amines) is 1. The monoisotopic (exact) mass is 738 g/mol. The number of carbonyl (C=O) groups is 5. The lowest BCUT2D eigenvalue weighted by molar-refractivity contribution is -0.156. The first-order chi connectivity index (χ1) is 24.9. The molecule has 0 aromatic heterocycles. The van der Waals surface area contributed by atoms with E-state index in [1.54, 1.807) is 43.9 Å². The van der Waals surface area contributed by atoms with Crippen molar-refractivity contribution in [1.29, 1.82) is 0 Å². The van der Waals surface area contributed by atoms with Crippen molar-refractivity contribution < 1.29 is 42.9 Å². The summed E-state index contributed by atoms with van der Waals surface area (Å²) in [6.07, 6.45) is 2.71. The lowest BCUT2D eigenvalue weighted by Gasteiger charge is -2.34. The number of piperidine rings is 1. The van der Waals surface area contributed by atoms with Crippen LogP contribution in [0.4, 0.5) is 4.79 Å². The molecule has 0 spiro atoms. The summed E-state index contributed by atoms with van der Waals surface area (Å²) in [5.41, 5.74) is 0.317. The molecule has 1 saturated heterocycles. The third kappa shape index (κ3) is 15.8. The van der Waals surface area contributed by atoms with E-state index in [1.165, 1.54) is 14.0 Å². The summed E-state index contributed by atoms with van der Waals surface area (Å²) in [5, 5.41) is 8.18. The van der Waals surface area contributed by atoms with Gasteiger partial charge in [0.1, 0.15) is 34.8 Å². The summed E-state index contributed by atoms with van der Waals surface area (Å²) in [7, 11) is 1.54. The Bertz CT molecular complexity index is 1530. The second-order valence-electron chi connectivity index (χ2n) is 15.4. The van der Waals surface area contributed by atoms with Gasteiger partial charge in [-0.3, -0.25) is 19.2 Å². The Morgan fingerprint density at radius 1 is 0.887 bits per heavy atom. The largest absolute Gasteiger partial charge is 0.496 e. The summed E-state index contributed by atoms with van der Waals surface area (Å²) in [4.78, 5) is 66.1. The molecule has 1 heterocycles. The Morgan fingerprint density at radius 2 is 1.58 bits per heavy atom. The smallest absolute Gasteiger partial charge is 0.410 e. The predicted molar refractivity (Wildman–Crippen MR) is 200 cm³/mol. The average molecular weight is 739 g/mol. The number of nitrogens with one attached hydrogen (secondary N) is 3. The minimum Gasteiger partial charge on any atom is -0.496 e. The van der Waals surface area contributed by atoms with Gasteiger partial charge in [-0.15, -0.1) is 0 Å². The fourth-order valence-corrected chi connectivity index (χ4v) is 5.93. The van der Waals surface area contributed by atoms with E-state index in [2.05, 4.69) is 16.0 Å². The Hall–Kier alpha value is -4.81. The second-order valence-corrected chi connectivity index (χ2v) is 15.4. The van der Waals surface area contributed by atoms with E-state index < -0.39 is 53.4 Å². The van der Waals surface area contributed by atoms with Gasteiger partial charge >= 0.3 is 12.1 Å². The van der Waals surface area contributed by atoms with Crippen LogP contribution in [0.3, 0.4) is 0 Å². The van der Waals surface area contributed by atoms with E-state index in [4.69, 9.17) is 18.9 Å². The molecule has 0 saturated carbocycles. The van der Waals surface area contributed by atoms with Gasteiger partial charge in [0.15, 0.2) is 0 Å². The van der Waals surface area contributed by atoms with Crippen LogP contribution in [0.25, 0.3) is 0 Å². The molecule has 1 fully saturated rings. The molecule has 292 valence electrons.